The number of hydrogen-bond acceptors (Lipinski definition) is 5. The van der Waals surface area contributed by atoms with E-state index in [-0.39, 0.29) is 12.1 Å². The Balaban J connectivity index is 1.92. The van der Waals surface area contributed by atoms with Crippen LogP contribution in [0.15, 0.2) is 12.3 Å². The maximum atomic E-state index is 11.6. The number of anilines is 1. The smallest absolute Gasteiger partial charge is 0.409 e. The highest BCUT2D eigenvalue weighted by atomic mass is 35.5. The molecule has 1 N–H and O–H groups in total. The van der Waals surface area contributed by atoms with Gasteiger partial charge in [0, 0.05) is 25.3 Å². The number of ether oxygens (including phenoxy) is 1. The highest BCUT2D eigenvalue weighted by Gasteiger charge is 2.24. The number of pyridine rings is 1. The molecule has 2 heterocycles. The number of amides is 1. The van der Waals surface area contributed by atoms with Gasteiger partial charge in [-0.25, -0.2) is 9.78 Å². The second-order valence-corrected chi connectivity index (χ2v) is 5.12. The molecule has 1 amide bonds. The van der Waals surface area contributed by atoms with Crippen LogP contribution < -0.4 is 5.32 Å². The Bertz CT molecular complexity index is 550. The van der Waals surface area contributed by atoms with Crippen LogP contribution in [-0.4, -0.2) is 41.7 Å². The summed E-state index contributed by atoms with van der Waals surface area (Å²) < 4.78 is 4.98. The summed E-state index contributed by atoms with van der Waals surface area (Å²) in [5, 5.41) is 12.5. The maximum absolute atomic E-state index is 11.6. The van der Waals surface area contributed by atoms with Gasteiger partial charge in [-0.05, 0) is 25.8 Å². The van der Waals surface area contributed by atoms with Gasteiger partial charge in [0.2, 0.25) is 0 Å². The third kappa shape index (κ3) is 3.76. The van der Waals surface area contributed by atoms with Crippen molar-refractivity contribution in [3.05, 3.63) is 22.8 Å². The number of hydrogen-bond donors (Lipinski definition) is 1. The van der Waals surface area contributed by atoms with Crippen molar-refractivity contribution in [3.8, 4) is 6.07 Å². The molecule has 1 aromatic rings. The lowest BCUT2D eigenvalue weighted by Gasteiger charge is -2.32. The quantitative estimate of drug-likeness (QED) is 0.928. The van der Waals surface area contributed by atoms with Crippen molar-refractivity contribution in [1.29, 1.82) is 5.26 Å². The Labute approximate surface area is 128 Å². The molecule has 7 heteroatoms. The first-order chi connectivity index (χ1) is 10.2. The fourth-order valence-electron chi connectivity index (χ4n) is 2.25. The van der Waals surface area contributed by atoms with Crippen molar-refractivity contribution < 1.29 is 9.53 Å². The number of nitrogens with one attached hydrogen (secondary N) is 1. The minimum absolute atomic E-state index is 0.176. The van der Waals surface area contributed by atoms with Crippen LogP contribution in [0.3, 0.4) is 0 Å². The van der Waals surface area contributed by atoms with Crippen LogP contribution in [-0.2, 0) is 4.74 Å². The molecule has 1 aliphatic rings. The average molecular weight is 309 g/mol. The Morgan fingerprint density at radius 3 is 2.95 bits per heavy atom. The molecule has 0 unspecified atom stereocenters. The van der Waals surface area contributed by atoms with E-state index in [4.69, 9.17) is 21.6 Å². The van der Waals surface area contributed by atoms with Crippen molar-refractivity contribution >= 4 is 23.5 Å². The van der Waals surface area contributed by atoms with Gasteiger partial charge >= 0.3 is 6.09 Å². The van der Waals surface area contributed by atoms with Gasteiger partial charge in [0.25, 0.3) is 0 Å². The van der Waals surface area contributed by atoms with Crippen LogP contribution >= 0.6 is 11.6 Å². The van der Waals surface area contributed by atoms with Crippen LogP contribution in [0.4, 0.5) is 10.6 Å². The SMILES string of the molecule is CCOC(=O)N1CCC(Nc2nccc(C#N)c2Cl)CC1. The number of piperidine rings is 1. The molecule has 0 atom stereocenters. The van der Waals surface area contributed by atoms with Gasteiger partial charge < -0.3 is 15.0 Å². The van der Waals surface area contributed by atoms with Crippen molar-refractivity contribution in [2.45, 2.75) is 25.8 Å². The standard InChI is InChI=1S/C14H17ClN4O2/c1-2-21-14(20)19-7-4-11(5-8-19)18-13-12(15)10(9-16)3-6-17-13/h3,6,11H,2,4-5,7-8H2,1H3,(H,17,18). The van der Waals surface area contributed by atoms with Gasteiger partial charge in [-0.2, -0.15) is 5.26 Å². The molecule has 0 saturated carbocycles. The van der Waals surface area contributed by atoms with Crippen molar-refractivity contribution in [1.82, 2.24) is 9.88 Å². The number of carbonyl (C=O) groups excluding carboxylic acids is 1. The summed E-state index contributed by atoms with van der Waals surface area (Å²) in [4.78, 5) is 17.5. The van der Waals surface area contributed by atoms with Gasteiger partial charge in [-0.15, -0.1) is 0 Å². The monoisotopic (exact) mass is 308 g/mol. The maximum Gasteiger partial charge on any atom is 0.409 e. The van der Waals surface area contributed by atoms with Gasteiger partial charge in [-0.1, -0.05) is 11.6 Å². The lowest BCUT2D eigenvalue weighted by molar-refractivity contribution is 0.0983. The highest BCUT2D eigenvalue weighted by molar-refractivity contribution is 6.34. The van der Waals surface area contributed by atoms with Crippen LogP contribution in [0.5, 0.6) is 0 Å². The van der Waals surface area contributed by atoms with E-state index in [0.717, 1.165) is 12.8 Å². The average Bonchev–Trinajstić information content (AvgIpc) is 2.50. The van der Waals surface area contributed by atoms with Crippen LogP contribution in [0, 0.1) is 11.3 Å². The van der Waals surface area contributed by atoms with Gasteiger partial charge in [0.05, 0.1) is 12.2 Å². The molecule has 1 aliphatic heterocycles. The molecule has 6 nitrogen and oxygen atoms in total. The number of carbonyl (C=O) groups is 1. The summed E-state index contributed by atoms with van der Waals surface area (Å²) in [6.45, 7) is 3.44. The summed E-state index contributed by atoms with van der Waals surface area (Å²) in [6.07, 6.45) is 2.86. The van der Waals surface area contributed by atoms with E-state index < -0.39 is 0 Å². The van der Waals surface area contributed by atoms with Gasteiger partial charge in [0.1, 0.15) is 16.9 Å². The van der Waals surface area contributed by atoms with E-state index in [2.05, 4.69) is 10.3 Å². The first-order valence-electron chi connectivity index (χ1n) is 6.88. The second-order valence-electron chi connectivity index (χ2n) is 4.74. The molecule has 2 rings (SSSR count). The molecule has 21 heavy (non-hydrogen) atoms. The minimum Gasteiger partial charge on any atom is -0.450 e. The zero-order valence-electron chi connectivity index (χ0n) is 11.8. The largest absolute Gasteiger partial charge is 0.450 e. The molecule has 0 bridgehead atoms. The predicted molar refractivity (Wildman–Crippen MR) is 79.2 cm³/mol. The molecular formula is C14H17ClN4O2. The zero-order valence-corrected chi connectivity index (χ0v) is 12.6. The molecule has 1 saturated heterocycles. The molecule has 0 spiro atoms. The van der Waals surface area contributed by atoms with Crippen LogP contribution in [0.2, 0.25) is 5.02 Å². The topological polar surface area (TPSA) is 78.2 Å². The zero-order chi connectivity index (χ0) is 15.2. The number of nitriles is 1. The summed E-state index contributed by atoms with van der Waals surface area (Å²) >= 11 is 6.12. The lowest BCUT2D eigenvalue weighted by Crippen LogP contribution is -2.42. The number of rotatable bonds is 3. The Morgan fingerprint density at radius 1 is 1.62 bits per heavy atom. The van der Waals surface area contributed by atoms with E-state index in [1.165, 1.54) is 0 Å². The molecule has 1 fully saturated rings. The summed E-state index contributed by atoms with van der Waals surface area (Å²) in [5.41, 5.74) is 0.401. The first kappa shape index (κ1) is 15.4. The third-order valence-corrected chi connectivity index (χ3v) is 3.75. The fourth-order valence-corrected chi connectivity index (χ4v) is 2.45. The fraction of sp³-hybridized carbons (Fsp3) is 0.500. The van der Waals surface area contributed by atoms with Crippen molar-refractivity contribution in [2.24, 2.45) is 0 Å². The van der Waals surface area contributed by atoms with Crippen molar-refractivity contribution in [2.75, 3.05) is 25.0 Å². The summed E-state index contributed by atoms with van der Waals surface area (Å²) in [5.74, 6) is 0.519. The second kappa shape index (κ2) is 7.14. The number of aromatic nitrogens is 1. The summed E-state index contributed by atoms with van der Waals surface area (Å²) in [6, 6.07) is 3.78. The number of nitrogens with zero attached hydrogens (tertiary/aromatic N) is 3. The van der Waals surface area contributed by atoms with Gasteiger partial charge in [-0.3, -0.25) is 0 Å². The lowest BCUT2D eigenvalue weighted by atomic mass is 10.1. The van der Waals surface area contributed by atoms with E-state index in [0.29, 0.717) is 36.1 Å². The van der Waals surface area contributed by atoms with E-state index >= 15 is 0 Å². The number of halogens is 1. The van der Waals surface area contributed by atoms with Crippen LogP contribution in [0.1, 0.15) is 25.3 Å². The molecular weight excluding hydrogens is 292 g/mol. The molecule has 0 radical (unpaired) electrons. The van der Waals surface area contributed by atoms with Crippen LogP contribution in [0.25, 0.3) is 0 Å². The van der Waals surface area contributed by atoms with E-state index in [1.54, 1.807) is 24.1 Å². The Kier molecular flexibility index (Phi) is 5.23. The molecule has 1 aromatic heterocycles. The first-order valence-corrected chi connectivity index (χ1v) is 7.26. The highest BCUT2D eigenvalue weighted by Crippen LogP contribution is 2.25. The molecule has 0 aliphatic carbocycles. The summed E-state index contributed by atoms with van der Waals surface area (Å²) in [7, 11) is 0. The van der Waals surface area contributed by atoms with E-state index in [9.17, 15) is 4.79 Å². The molecule has 0 aromatic carbocycles. The Morgan fingerprint density at radius 2 is 2.33 bits per heavy atom. The minimum atomic E-state index is -0.265. The Hall–Kier alpha value is -2.00. The van der Waals surface area contributed by atoms with Gasteiger partial charge in [0.15, 0.2) is 0 Å². The number of likely N-dealkylation sites (tertiary alicyclic amines) is 1. The van der Waals surface area contributed by atoms with Crippen molar-refractivity contribution in [3.63, 3.8) is 0 Å². The third-order valence-electron chi connectivity index (χ3n) is 3.37. The molecule has 112 valence electrons. The predicted octanol–water partition coefficient (Wildman–Crippen LogP) is 2.64. The normalized spacial score (nSPS) is 15.4. The van der Waals surface area contributed by atoms with E-state index in [1.807, 2.05) is 6.07 Å².